The van der Waals surface area contributed by atoms with Gasteiger partial charge in [-0.2, -0.15) is 10.2 Å². The predicted octanol–water partition coefficient (Wildman–Crippen LogP) is 0.942. The zero-order chi connectivity index (χ0) is 11.4. The van der Waals surface area contributed by atoms with Gasteiger partial charge in [-0.1, -0.05) is 45.9 Å². The fourth-order valence-corrected chi connectivity index (χ4v) is 1.52. The largest absolute Gasteiger partial charge is 1.00 e. The van der Waals surface area contributed by atoms with Crippen molar-refractivity contribution < 1.29 is 34.7 Å². The Morgan fingerprint density at radius 3 is 2.35 bits per heavy atom. The van der Waals surface area contributed by atoms with Crippen molar-refractivity contribution in [3.63, 3.8) is 0 Å². The van der Waals surface area contributed by atoms with Gasteiger partial charge in [0.15, 0.2) is 0 Å². The third-order valence-electron chi connectivity index (χ3n) is 1.95. The summed E-state index contributed by atoms with van der Waals surface area (Å²) in [5, 5.41) is 19.3. The summed E-state index contributed by atoms with van der Waals surface area (Å²) >= 11 is 3.28. The Hall–Kier alpha value is -0.680. The quantitative estimate of drug-likeness (QED) is 0.601. The third kappa shape index (κ3) is 4.24. The smallest absolute Gasteiger partial charge is 0.871 e. The summed E-state index contributed by atoms with van der Waals surface area (Å²) in [5.74, 6) is -0.136. The fourth-order valence-electron chi connectivity index (χ4n) is 1.17. The number of nitrogens with zero attached hydrogens (tertiary/aromatic N) is 2. The molecule has 0 aromatic heterocycles. The van der Waals surface area contributed by atoms with E-state index in [4.69, 9.17) is 0 Å². The van der Waals surface area contributed by atoms with Crippen molar-refractivity contribution in [2.45, 2.75) is 0 Å². The van der Waals surface area contributed by atoms with Crippen LogP contribution in [0.15, 0.2) is 63.2 Å². The van der Waals surface area contributed by atoms with E-state index in [-0.39, 0.29) is 35.3 Å². The van der Waals surface area contributed by atoms with Crippen LogP contribution in [0.3, 0.4) is 0 Å². The zero-order valence-corrected chi connectivity index (χ0v) is 12.9. The predicted molar refractivity (Wildman–Crippen MR) is 64.2 cm³/mol. The van der Waals surface area contributed by atoms with Crippen LogP contribution in [0, 0.1) is 0 Å². The molecule has 2 aromatic carbocycles. The Kier molecular flexibility index (Phi) is 5.85. The van der Waals surface area contributed by atoms with Gasteiger partial charge in [-0.05, 0) is 24.3 Å². The first-order chi connectivity index (χ1) is 7.75. The van der Waals surface area contributed by atoms with Crippen molar-refractivity contribution in [3.05, 3.63) is 53.0 Å². The Morgan fingerprint density at radius 1 is 0.941 bits per heavy atom. The normalized spacial score (nSPS) is 10.2. The number of azo groups is 1. The molecule has 2 aromatic rings. The minimum Gasteiger partial charge on any atom is -0.871 e. The van der Waals surface area contributed by atoms with Gasteiger partial charge >= 0.3 is 29.6 Å². The molecule has 0 heterocycles. The van der Waals surface area contributed by atoms with E-state index < -0.39 is 0 Å². The van der Waals surface area contributed by atoms with Gasteiger partial charge in [0, 0.05) is 4.47 Å². The molecule has 0 unspecified atom stereocenters. The monoisotopic (exact) mass is 298 g/mol. The summed E-state index contributed by atoms with van der Waals surface area (Å²) in [6.07, 6.45) is 0. The minimum absolute atomic E-state index is 0. The van der Waals surface area contributed by atoms with Gasteiger partial charge in [0.25, 0.3) is 0 Å². The topological polar surface area (TPSA) is 47.8 Å². The molecular weight excluding hydrogens is 291 g/mol. The van der Waals surface area contributed by atoms with Crippen molar-refractivity contribution in [1.82, 2.24) is 0 Å². The molecule has 0 aliphatic heterocycles. The Bertz CT molecular complexity index is 517. The second-order valence-electron chi connectivity index (χ2n) is 3.15. The van der Waals surface area contributed by atoms with E-state index in [1.54, 1.807) is 12.1 Å². The van der Waals surface area contributed by atoms with Gasteiger partial charge in [-0.25, -0.2) is 0 Å². The van der Waals surface area contributed by atoms with Crippen LogP contribution < -0.4 is 34.7 Å². The second kappa shape index (κ2) is 6.91. The molecule has 0 fully saturated rings. The average molecular weight is 299 g/mol. The van der Waals surface area contributed by atoms with Gasteiger partial charge in [0.05, 0.1) is 11.4 Å². The number of hydrogen-bond donors (Lipinski definition) is 0. The SMILES string of the molecule is [Na+].[O-]c1ccc(Br)cc1N=Nc1ccccc1. The molecule has 0 radical (unpaired) electrons. The van der Waals surface area contributed by atoms with Crippen LogP contribution in [0.2, 0.25) is 0 Å². The maximum absolute atomic E-state index is 11.4. The van der Waals surface area contributed by atoms with Crippen LogP contribution in [0.1, 0.15) is 0 Å². The van der Waals surface area contributed by atoms with Crippen LogP contribution >= 0.6 is 15.9 Å². The molecular formula is C12H8BrN2NaO. The molecule has 3 nitrogen and oxygen atoms in total. The molecule has 0 aliphatic rings. The molecule has 0 atom stereocenters. The van der Waals surface area contributed by atoms with Gasteiger partial charge in [-0.3, -0.25) is 0 Å². The summed E-state index contributed by atoms with van der Waals surface area (Å²) in [6.45, 7) is 0. The molecule has 0 N–H and O–H groups in total. The van der Waals surface area contributed by atoms with Gasteiger partial charge in [0.1, 0.15) is 0 Å². The molecule has 5 heteroatoms. The molecule has 0 spiro atoms. The van der Waals surface area contributed by atoms with E-state index in [0.29, 0.717) is 5.69 Å². The van der Waals surface area contributed by atoms with Gasteiger partial charge in [-0.15, -0.1) is 0 Å². The number of hydrogen-bond acceptors (Lipinski definition) is 3. The van der Waals surface area contributed by atoms with E-state index in [9.17, 15) is 5.11 Å². The van der Waals surface area contributed by atoms with Crippen molar-refractivity contribution in [2.75, 3.05) is 0 Å². The Balaban J connectivity index is 0.00000144. The second-order valence-corrected chi connectivity index (χ2v) is 4.06. The molecule has 17 heavy (non-hydrogen) atoms. The summed E-state index contributed by atoms with van der Waals surface area (Å²) in [5.41, 5.74) is 1.06. The van der Waals surface area contributed by atoms with E-state index >= 15 is 0 Å². The minimum atomic E-state index is -0.136. The van der Waals surface area contributed by atoms with E-state index in [2.05, 4.69) is 26.2 Å². The zero-order valence-electron chi connectivity index (χ0n) is 9.30. The fraction of sp³-hybridized carbons (Fsp3) is 0. The van der Waals surface area contributed by atoms with Crippen molar-refractivity contribution in [3.8, 4) is 5.75 Å². The molecule has 0 bridgehead atoms. The maximum atomic E-state index is 11.4. The Morgan fingerprint density at radius 2 is 1.65 bits per heavy atom. The standard InChI is InChI=1S/C12H9BrN2O.Na/c13-9-6-7-12(16)11(8-9)15-14-10-4-2-1-3-5-10;/h1-8,16H;/q;+1/p-1. The molecule has 2 rings (SSSR count). The van der Waals surface area contributed by atoms with Crippen molar-refractivity contribution in [2.24, 2.45) is 10.2 Å². The summed E-state index contributed by atoms with van der Waals surface area (Å²) < 4.78 is 0.814. The summed E-state index contributed by atoms with van der Waals surface area (Å²) in [6, 6.07) is 14.1. The van der Waals surface area contributed by atoms with Crippen LogP contribution in [-0.4, -0.2) is 0 Å². The van der Waals surface area contributed by atoms with Crippen molar-refractivity contribution in [1.29, 1.82) is 0 Å². The summed E-state index contributed by atoms with van der Waals surface area (Å²) in [4.78, 5) is 0. The molecule has 0 saturated heterocycles. The number of halogens is 1. The molecule has 0 aliphatic carbocycles. The van der Waals surface area contributed by atoms with Gasteiger partial charge < -0.3 is 5.11 Å². The van der Waals surface area contributed by atoms with Crippen molar-refractivity contribution >= 4 is 27.3 Å². The third-order valence-corrected chi connectivity index (χ3v) is 2.44. The van der Waals surface area contributed by atoms with E-state index in [1.165, 1.54) is 6.07 Å². The molecule has 0 amide bonds. The molecule has 80 valence electrons. The van der Waals surface area contributed by atoms with Crippen LogP contribution in [0.4, 0.5) is 11.4 Å². The average Bonchev–Trinajstić information content (AvgIpc) is 2.32. The van der Waals surface area contributed by atoms with Crippen LogP contribution in [0.5, 0.6) is 5.75 Å². The first-order valence-electron chi connectivity index (χ1n) is 4.69. The first-order valence-corrected chi connectivity index (χ1v) is 5.48. The van der Waals surface area contributed by atoms with Crippen LogP contribution in [-0.2, 0) is 0 Å². The molecule has 0 saturated carbocycles. The maximum Gasteiger partial charge on any atom is 1.00 e. The summed E-state index contributed by atoms with van der Waals surface area (Å²) in [7, 11) is 0. The first kappa shape index (κ1) is 14.4. The number of rotatable bonds is 2. The van der Waals surface area contributed by atoms with Crippen LogP contribution in [0.25, 0.3) is 0 Å². The Labute approximate surface area is 130 Å². The number of benzene rings is 2. The van der Waals surface area contributed by atoms with E-state index in [1.807, 2.05) is 30.3 Å². The van der Waals surface area contributed by atoms with Gasteiger partial charge in [0.2, 0.25) is 0 Å². The van der Waals surface area contributed by atoms with E-state index in [0.717, 1.165) is 10.2 Å².